The van der Waals surface area contributed by atoms with Gasteiger partial charge in [-0.1, -0.05) is 171 Å². The SMILES string of the molecule is Cc1ccc(C(C)(C)c2ccc(-c3cc(-c4cc(-c5ccccc5)cc(-c5ccccc5O)n4)[c-]c(N(c4ccc(-c5ccccc5)cc4)c4ccccn4)c3)cc2)cc1.[Pt]. The third-order valence-electron chi connectivity index (χ3n) is 11.3. The maximum atomic E-state index is 11.0. The minimum Gasteiger partial charge on any atom is -0.507 e. The average Bonchev–Trinajstić information content (AvgIpc) is 3.30. The summed E-state index contributed by atoms with van der Waals surface area (Å²) in [6.07, 6.45) is 1.82. The Labute approximate surface area is 373 Å². The summed E-state index contributed by atoms with van der Waals surface area (Å²) in [7, 11) is 0. The Morgan fingerprint density at radius 2 is 1.03 bits per heavy atom. The molecule has 1 N–H and O–H groups in total. The van der Waals surface area contributed by atoms with E-state index in [0.717, 1.165) is 61.8 Å². The summed E-state index contributed by atoms with van der Waals surface area (Å²) < 4.78 is 0. The first-order valence-corrected chi connectivity index (χ1v) is 20.3. The topological polar surface area (TPSA) is 49.3 Å². The molecule has 0 aliphatic rings. The van der Waals surface area contributed by atoms with Crippen LogP contribution in [0.3, 0.4) is 0 Å². The molecule has 0 amide bonds. The Morgan fingerprint density at radius 3 is 1.67 bits per heavy atom. The summed E-state index contributed by atoms with van der Waals surface area (Å²) in [6, 6.07) is 72.7. The van der Waals surface area contributed by atoms with Crippen molar-refractivity contribution in [3.8, 4) is 61.6 Å². The van der Waals surface area contributed by atoms with E-state index in [4.69, 9.17) is 9.97 Å². The predicted octanol–water partition coefficient (Wildman–Crippen LogP) is 14.4. The molecular weight excluding hydrogens is 926 g/mol. The van der Waals surface area contributed by atoms with E-state index in [-0.39, 0.29) is 32.2 Å². The predicted molar refractivity (Wildman–Crippen MR) is 248 cm³/mol. The summed E-state index contributed by atoms with van der Waals surface area (Å²) in [5.41, 5.74) is 14.6. The molecule has 0 bridgehead atoms. The molecule has 0 aliphatic heterocycles. The van der Waals surface area contributed by atoms with Gasteiger partial charge in [0.05, 0.1) is 5.69 Å². The van der Waals surface area contributed by atoms with Crippen LogP contribution in [0.15, 0.2) is 206 Å². The largest absolute Gasteiger partial charge is 0.507 e. The number of phenols is 1. The smallest absolute Gasteiger partial charge is 0.136 e. The van der Waals surface area contributed by atoms with Gasteiger partial charge in [0.2, 0.25) is 0 Å². The molecule has 0 unspecified atom stereocenters. The molecule has 0 aliphatic carbocycles. The van der Waals surface area contributed by atoms with Crippen LogP contribution in [0.2, 0.25) is 0 Å². The van der Waals surface area contributed by atoms with Gasteiger partial charge in [-0.3, -0.25) is 4.98 Å². The minimum absolute atomic E-state index is 0. The molecule has 0 atom stereocenters. The fraction of sp³-hybridized carbons (Fsp3) is 0.0714. The van der Waals surface area contributed by atoms with Crippen molar-refractivity contribution in [1.82, 2.24) is 9.97 Å². The van der Waals surface area contributed by atoms with Gasteiger partial charge in [-0.15, -0.1) is 23.8 Å². The van der Waals surface area contributed by atoms with Crippen molar-refractivity contribution in [2.24, 2.45) is 0 Å². The van der Waals surface area contributed by atoms with E-state index >= 15 is 0 Å². The van der Waals surface area contributed by atoms with Crippen molar-refractivity contribution in [1.29, 1.82) is 0 Å². The summed E-state index contributed by atoms with van der Waals surface area (Å²) >= 11 is 0. The number of rotatable bonds is 10. The molecule has 9 rings (SSSR count). The van der Waals surface area contributed by atoms with E-state index in [1.54, 1.807) is 6.07 Å². The molecule has 300 valence electrons. The quantitative estimate of drug-likeness (QED) is 0.139. The molecular formula is C56H44N3OPt-. The zero-order valence-electron chi connectivity index (χ0n) is 34.2. The monoisotopic (exact) mass is 969 g/mol. The molecule has 7 aromatic carbocycles. The van der Waals surface area contributed by atoms with Crippen LogP contribution in [0.5, 0.6) is 5.75 Å². The molecule has 0 radical (unpaired) electrons. The first-order chi connectivity index (χ1) is 29.3. The standard InChI is InChI=1S/C56H44N3O.Pt/c1-39-21-27-47(28-22-39)56(2,3)48-29-23-43(24-30-48)44-34-46(52-37-45(41-16-8-5-9-17-41)38-53(58-52)51-18-10-11-19-54(51)60)36-50(35-44)59(55-20-12-13-33-57-55)49-31-25-42(26-32-49)40-14-6-4-7-15-40;/h4-35,37-38,60H,1-3H3;/q-1;. The molecule has 4 nitrogen and oxygen atoms in total. The van der Waals surface area contributed by atoms with Gasteiger partial charge in [-0.05, 0) is 99.7 Å². The maximum absolute atomic E-state index is 11.0. The fourth-order valence-electron chi connectivity index (χ4n) is 7.80. The van der Waals surface area contributed by atoms with Gasteiger partial charge >= 0.3 is 0 Å². The Hall–Kier alpha value is -6.87. The van der Waals surface area contributed by atoms with E-state index in [1.165, 1.54) is 16.7 Å². The van der Waals surface area contributed by atoms with Crippen LogP contribution in [-0.4, -0.2) is 15.1 Å². The molecule has 0 spiro atoms. The van der Waals surface area contributed by atoms with Gasteiger partial charge in [0, 0.05) is 43.9 Å². The van der Waals surface area contributed by atoms with Crippen LogP contribution in [-0.2, 0) is 26.5 Å². The van der Waals surface area contributed by atoms with Gasteiger partial charge in [-0.2, -0.15) is 0 Å². The molecule has 2 aromatic heterocycles. The van der Waals surface area contributed by atoms with Crippen LogP contribution in [0.1, 0.15) is 30.5 Å². The van der Waals surface area contributed by atoms with Crippen LogP contribution in [0, 0.1) is 13.0 Å². The van der Waals surface area contributed by atoms with Gasteiger partial charge in [0.25, 0.3) is 0 Å². The van der Waals surface area contributed by atoms with Crippen molar-refractivity contribution in [2.75, 3.05) is 4.90 Å². The maximum Gasteiger partial charge on any atom is 0.136 e. The molecule has 61 heavy (non-hydrogen) atoms. The molecule has 9 aromatic rings. The number of aromatic hydroxyl groups is 1. The van der Waals surface area contributed by atoms with Crippen LogP contribution >= 0.6 is 0 Å². The first kappa shape index (κ1) is 40.9. The minimum atomic E-state index is -0.185. The second-order valence-electron chi connectivity index (χ2n) is 15.7. The number of hydrogen-bond donors (Lipinski definition) is 1. The number of aryl methyl sites for hydroxylation is 1. The summed E-state index contributed by atoms with van der Waals surface area (Å²) in [5.74, 6) is 0.939. The van der Waals surface area contributed by atoms with E-state index in [2.05, 4.69) is 159 Å². The van der Waals surface area contributed by atoms with Crippen molar-refractivity contribution < 1.29 is 26.2 Å². The summed E-state index contributed by atoms with van der Waals surface area (Å²) in [6.45, 7) is 6.68. The van der Waals surface area contributed by atoms with E-state index < -0.39 is 0 Å². The number of pyridine rings is 2. The van der Waals surface area contributed by atoms with Gasteiger partial charge in [0.15, 0.2) is 0 Å². The summed E-state index contributed by atoms with van der Waals surface area (Å²) in [5, 5.41) is 11.0. The molecule has 0 saturated carbocycles. The van der Waals surface area contributed by atoms with Gasteiger partial charge in [-0.25, -0.2) is 4.98 Å². The van der Waals surface area contributed by atoms with Crippen LogP contribution < -0.4 is 4.90 Å². The third-order valence-corrected chi connectivity index (χ3v) is 11.3. The van der Waals surface area contributed by atoms with Crippen LogP contribution in [0.4, 0.5) is 17.2 Å². The second kappa shape index (κ2) is 17.8. The Bertz CT molecular complexity index is 2880. The van der Waals surface area contributed by atoms with Crippen LogP contribution in [0.25, 0.3) is 55.9 Å². The van der Waals surface area contributed by atoms with Gasteiger partial charge in [0.1, 0.15) is 11.6 Å². The molecule has 2 heterocycles. The van der Waals surface area contributed by atoms with E-state index in [9.17, 15) is 5.11 Å². The average molecular weight is 970 g/mol. The number of hydrogen-bond acceptors (Lipinski definition) is 4. The second-order valence-corrected chi connectivity index (χ2v) is 15.7. The number of aromatic nitrogens is 2. The Morgan fingerprint density at radius 1 is 0.508 bits per heavy atom. The Balaban J connectivity index is 0.00000514. The molecule has 0 fully saturated rings. The van der Waals surface area contributed by atoms with Crippen molar-refractivity contribution in [3.05, 3.63) is 229 Å². The van der Waals surface area contributed by atoms with Gasteiger partial charge < -0.3 is 10.0 Å². The zero-order valence-corrected chi connectivity index (χ0v) is 36.5. The number of benzene rings is 7. The van der Waals surface area contributed by atoms with Crippen molar-refractivity contribution >= 4 is 17.2 Å². The summed E-state index contributed by atoms with van der Waals surface area (Å²) in [4.78, 5) is 12.3. The van der Waals surface area contributed by atoms with E-state index in [1.807, 2.05) is 72.9 Å². The first-order valence-electron chi connectivity index (χ1n) is 20.3. The molecule has 0 saturated heterocycles. The number of nitrogens with zero attached hydrogens (tertiary/aromatic N) is 3. The number of para-hydroxylation sites is 1. The Kier molecular flexibility index (Phi) is 11.9. The number of anilines is 3. The normalized spacial score (nSPS) is 11.1. The molecule has 5 heteroatoms. The third kappa shape index (κ3) is 8.73. The zero-order chi connectivity index (χ0) is 41.1. The van der Waals surface area contributed by atoms with E-state index in [0.29, 0.717) is 11.3 Å². The fourth-order valence-corrected chi connectivity index (χ4v) is 7.80. The van der Waals surface area contributed by atoms with Crippen molar-refractivity contribution in [2.45, 2.75) is 26.2 Å². The number of phenolic OH excluding ortho intramolecular Hbond substituents is 1. The van der Waals surface area contributed by atoms with Crippen molar-refractivity contribution in [3.63, 3.8) is 0 Å².